The van der Waals surface area contributed by atoms with Crippen molar-refractivity contribution in [2.45, 2.75) is 10.6 Å². The minimum absolute atomic E-state index is 0. The van der Waals surface area contributed by atoms with Crippen LogP contribution in [0, 0.1) is 5.82 Å². The number of amides is 1. The molecule has 0 aliphatic carbocycles. The van der Waals surface area contributed by atoms with Gasteiger partial charge < -0.3 is 14.6 Å². The van der Waals surface area contributed by atoms with Crippen LogP contribution in [0.3, 0.4) is 0 Å². The molecule has 0 aliphatic rings. The molecule has 0 saturated carbocycles. The summed E-state index contributed by atoms with van der Waals surface area (Å²) in [6.45, 7) is 1.27. The van der Waals surface area contributed by atoms with E-state index in [1.165, 1.54) is 17.8 Å². The molecule has 0 spiro atoms. The fourth-order valence-corrected chi connectivity index (χ4v) is 3.65. The summed E-state index contributed by atoms with van der Waals surface area (Å²) in [6, 6.07) is 14.2. The molecule has 1 aromatic heterocycles. The zero-order valence-corrected chi connectivity index (χ0v) is 16.8. The maximum Gasteiger partial charge on any atom is 0.289 e. The van der Waals surface area contributed by atoms with Gasteiger partial charge in [0.05, 0.1) is 0 Å². The van der Waals surface area contributed by atoms with Gasteiger partial charge in [-0.25, -0.2) is 4.39 Å². The van der Waals surface area contributed by atoms with Crippen LogP contribution in [0.15, 0.2) is 57.8 Å². The number of thioether (sulfide) groups is 1. The first-order valence-corrected chi connectivity index (χ1v) is 9.38. The molecule has 0 bridgehead atoms. The third-order valence-electron chi connectivity index (χ3n) is 4.15. The van der Waals surface area contributed by atoms with E-state index in [9.17, 15) is 9.18 Å². The summed E-state index contributed by atoms with van der Waals surface area (Å²) >= 11 is 1.36. The Kier molecular flexibility index (Phi) is 7.71. The topological polar surface area (TPSA) is 45.5 Å². The lowest BCUT2D eigenvalue weighted by atomic mass is 10.1. The van der Waals surface area contributed by atoms with E-state index in [-0.39, 0.29) is 24.1 Å². The van der Waals surface area contributed by atoms with Gasteiger partial charge in [-0.05, 0) is 25.2 Å². The van der Waals surface area contributed by atoms with E-state index in [1.54, 1.807) is 30.1 Å². The molecule has 2 aromatic carbocycles. The maximum atomic E-state index is 13.9. The molecule has 0 unspecified atom stereocenters. The summed E-state index contributed by atoms with van der Waals surface area (Å²) in [5.41, 5.74) is 1.47. The van der Waals surface area contributed by atoms with Crippen LogP contribution in [0.5, 0.6) is 0 Å². The molecule has 0 aliphatic heterocycles. The molecule has 0 saturated heterocycles. The molecule has 0 atom stereocenters. The Morgan fingerprint density at radius 3 is 2.63 bits per heavy atom. The molecular formula is C20H22ClFN2O2S. The molecule has 1 N–H and O–H groups in total. The molecule has 1 amide bonds. The van der Waals surface area contributed by atoms with Crippen LogP contribution in [0.4, 0.5) is 4.39 Å². The predicted octanol–water partition coefficient (Wildman–Crippen LogP) is 4.58. The van der Waals surface area contributed by atoms with E-state index in [4.69, 9.17) is 4.42 Å². The molecule has 4 nitrogen and oxygen atoms in total. The summed E-state index contributed by atoms with van der Waals surface area (Å²) in [5, 5.41) is 3.92. The second kappa shape index (κ2) is 9.78. The third kappa shape index (κ3) is 4.83. The number of likely N-dealkylation sites (N-methyl/N-ethyl adjacent to an activating group) is 2. The van der Waals surface area contributed by atoms with Gasteiger partial charge in [-0.2, -0.15) is 0 Å². The van der Waals surface area contributed by atoms with Gasteiger partial charge in [0.2, 0.25) is 0 Å². The van der Waals surface area contributed by atoms with E-state index in [0.717, 1.165) is 10.9 Å². The summed E-state index contributed by atoms with van der Waals surface area (Å²) in [6.07, 6.45) is 0. The number of halogens is 2. The van der Waals surface area contributed by atoms with Crippen LogP contribution >= 0.6 is 24.2 Å². The fourth-order valence-electron chi connectivity index (χ4n) is 2.68. The van der Waals surface area contributed by atoms with E-state index in [0.29, 0.717) is 35.1 Å². The monoisotopic (exact) mass is 408 g/mol. The minimum Gasteiger partial charge on any atom is -0.451 e. The second-order valence-corrected chi connectivity index (χ2v) is 6.97. The quantitative estimate of drug-likeness (QED) is 0.581. The van der Waals surface area contributed by atoms with Crippen LogP contribution in [-0.4, -0.2) is 38.0 Å². The summed E-state index contributed by atoms with van der Waals surface area (Å²) in [7, 11) is 3.59. The Hall–Kier alpha value is -2.02. The van der Waals surface area contributed by atoms with Gasteiger partial charge in [-0.15, -0.1) is 24.2 Å². The predicted molar refractivity (Wildman–Crippen MR) is 110 cm³/mol. The van der Waals surface area contributed by atoms with E-state index >= 15 is 0 Å². The average molecular weight is 409 g/mol. The standard InChI is InChI=1S/C20H21FN2O2S.ClH/c1-22-11-12-23(2)20(24)19-15(14-7-3-5-9-17(14)25-19)13-26-18-10-6-4-8-16(18)21;/h3-10,22H,11-13H2,1-2H3;1H. The summed E-state index contributed by atoms with van der Waals surface area (Å²) < 4.78 is 19.8. The van der Waals surface area contributed by atoms with Crippen molar-refractivity contribution in [3.63, 3.8) is 0 Å². The Labute approximate surface area is 168 Å². The van der Waals surface area contributed by atoms with Crippen LogP contribution < -0.4 is 5.32 Å². The number of rotatable bonds is 7. The number of nitrogens with zero attached hydrogens (tertiary/aromatic N) is 1. The number of carbonyl (C=O) groups excluding carboxylic acids is 1. The largest absolute Gasteiger partial charge is 0.451 e. The van der Waals surface area contributed by atoms with Crippen molar-refractivity contribution in [3.05, 3.63) is 65.7 Å². The molecule has 1 heterocycles. The summed E-state index contributed by atoms with van der Waals surface area (Å²) in [4.78, 5) is 15.0. The average Bonchev–Trinajstić information content (AvgIpc) is 3.03. The Morgan fingerprint density at radius 2 is 1.89 bits per heavy atom. The van der Waals surface area contributed by atoms with E-state index < -0.39 is 0 Å². The van der Waals surface area contributed by atoms with Crippen LogP contribution in [0.1, 0.15) is 16.1 Å². The molecule has 0 radical (unpaired) electrons. The van der Waals surface area contributed by atoms with Gasteiger partial charge >= 0.3 is 0 Å². The number of furan rings is 1. The number of benzene rings is 2. The zero-order valence-electron chi connectivity index (χ0n) is 15.2. The highest BCUT2D eigenvalue weighted by Gasteiger charge is 2.23. The van der Waals surface area contributed by atoms with Gasteiger partial charge in [-0.1, -0.05) is 30.3 Å². The molecule has 27 heavy (non-hydrogen) atoms. The summed E-state index contributed by atoms with van der Waals surface area (Å²) in [5.74, 6) is 0.359. The maximum absolute atomic E-state index is 13.9. The lowest BCUT2D eigenvalue weighted by Crippen LogP contribution is -2.33. The van der Waals surface area contributed by atoms with Gasteiger partial charge in [0.15, 0.2) is 5.76 Å². The fraction of sp³-hybridized carbons (Fsp3) is 0.250. The van der Waals surface area contributed by atoms with Crippen molar-refractivity contribution in [2.75, 3.05) is 27.2 Å². The van der Waals surface area contributed by atoms with E-state index in [2.05, 4.69) is 5.32 Å². The van der Waals surface area contributed by atoms with Crippen molar-refractivity contribution in [1.29, 1.82) is 0 Å². The zero-order chi connectivity index (χ0) is 18.5. The number of hydrogen-bond acceptors (Lipinski definition) is 4. The first kappa shape index (κ1) is 21.3. The smallest absolute Gasteiger partial charge is 0.289 e. The first-order valence-electron chi connectivity index (χ1n) is 8.39. The molecule has 3 rings (SSSR count). The van der Waals surface area contributed by atoms with Crippen molar-refractivity contribution >= 4 is 41.0 Å². The number of hydrogen-bond donors (Lipinski definition) is 1. The van der Waals surface area contributed by atoms with Crippen molar-refractivity contribution in [3.8, 4) is 0 Å². The number of carbonyl (C=O) groups is 1. The number of fused-ring (bicyclic) bond motifs is 1. The molecule has 3 aromatic rings. The van der Waals surface area contributed by atoms with Gasteiger partial charge in [0.1, 0.15) is 11.4 Å². The molecule has 0 fully saturated rings. The normalized spacial score (nSPS) is 10.6. The van der Waals surface area contributed by atoms with Crippen molar-refractivity contribution < 1.29 is 13.6 Å². The molecule has 144 valence electrons. The second-order valence-electron chi connectivity index (χ2n) is 5.96. The van der Waals surface area contributed by atoms with Crippen LogP contribution in [-0.2, 0) is 5.75 Å². The first-order chi connectivity index (χ1) is 12.6. The van der Waals surface area contributed by atoms with Crippen LogP contribution in [0.2, 0.25) is 0 Å². The van der Waals surface area contributed by atoms with Crippen molar-refractivity contribution in [2.24, 2.45) is 0 Å². The molecular weight excluding hydrogens is 387 g/mol. The number of nitrogens with one attached hydrogen (secondary N) is 1. The molecule has 7 heteroatoms. The Balaban J connectivity index is 0.00000261. The highest BCUT2D eigenvalue weighted by atomic mass is 35.5. The van der Waals surface area contributed by atoms with E-state index in [1.807, 2.05) is 31.3 Å². The third-order valence-corrected chi connectivity index (χ3v) is 5.22. The minimum atomic E-state index is -0.260. The number of para-hydroxylation sites is 1. The lowest BCUT2D eigenvalue weighted by molar-refractivity contribution is 0.0766. The van der Waals surface area contributed by atoms with Gasteiger partial charge in [-0.3, -0.25) is 4.79 Å². The SMILES string of the molecule is CNCCN(C)C(=O)c1oc2ccccc2c1CSc1ccccc1F.Cl. The highest BCUT2D eigenvalue weighted by Crippen LogP contribution is 2.33. The van der Waals surface area contributed by atoms with Crippen molar-refractivity contribution in [1.82, 2.24) is 10.2 Å². The Bertz CT molecular complexity index is 916. The highest BCUT2D eigenvalue weighted by molar-refractivity contribution is 7.98. The van der Waals surface area contributed by atoms with Gasteiger partial charge in [0.25, 0.3) is 5.91 Å². The Morgan fingerprint density at radius 1 is 1.19 bits per heavy atom. The van der Waals surface area contributed by atoms with Crippen LogP contribution in [0.25, 0.3) is 11.0 Å². The van der Waals surface area contributed by atoms with Gasteiger partial charge in [0, 0.05) is 41.7 Å². The lowest BCUT2D eigenvalue weighted by Gasteiger charge is -2.16.